The van der Waals surface area contributed by atoms with Crippen LogP contribution in [0.25, 0.3) is 6.08 Å². The number of ether oxygens (including phenoxy) is 1. The van der Waals surface area contributed by atoms with Crippen molar-refractivity contribution in [3.63, 3.8) is 0 Å². The second kappa shape index (κ2) is 7.66. The molecule has 0 aliphatic carbocycles. The molecule has 1 aromatic rings. The van der Waals surface area contributed by atoms with E-state index in [2.05, 4.69) is 13.0 Å². The summed E-state index contributed by atoms with van der Waals surface area (Å²) in [7, 11) is 1.41. The van der Waals surface area contributed by atoms with Crippen LogP contribution in [-0.2, 0) is 4.74 Å². The van der Waals surface area contributed by atoms with Gasteiger partial charge >= 0.3 is 5.97 Å². The second-order valence-corrected chi connectivity index (χ2v) is 3.98. The third-order valence-corrected chi connectivity index (χ3v) is 2.64. The van der Waals surface area contributed by atoms with Crippen molar-refractivity contribution in [2.24, 2.45) is 0 Å². The maximum atomic E-state index is 11.5. The van der Waals surface area contributed by atoms with Crippen molar-refractivity contribution >= 4 is 12.0 Å². The van der Waals surface area contributed by atoms with Gasteiger partial charge < -0.3 is 4.74 Å². The van der Waals surface area contributed by atoms with Crippen LogP contribution < -0.4 is 0 Å². The van der Waals surface area contributed by atoms with Gasteiger partial charge in [-0.3, -0.25) is 0 Å². The monoisotopic (exact) mass is 232 g/mol. The fourth-order valence-corrected chi connectivity index (χ4v) is 1.66. The maximum Gasteiger partial charge on any atom is 0.338 e. The van der Waals surface area contributed by atoms with E-state index in [9.17, 15) is 4.79 Å². The standard InChI is InChI=1S/C15H20O2/c1-3-4-5-6-7-10-13-11-8-9-12-14(13)15(16)17-2/h7-12H,3-6H2,1-2H3/b10-7-. The molecule has 0 unspecified atom stereocenters. The van der Waals surface area contributed by atoms with Crippen molar-refractivity contribution in [1.82, 2.24) is 0 Å². The first-order valence-corrected chi connectivity index (χ1v) is 6.13. The van der Waals surface area contributed by atoms with Crippen molar-refractivity contribution in [2.45, 2.75) is 32.6 Å². The fraction of sp³-hybridized carbons (Fsp3) is 0.400. The highest BCUT2D eigenvalue weighted by molar-refractivity contribution is 5.93. The van der Waals surface area contributed by atoms with E-state index in [1.165, 1.54) is 26.4 Å². The smallest absolute Gasteiger partial charge is 0.338 e. The molecule has 2 heteroatoms. The lowest BCUT2D eigenvalue weighted by atomic mass is 10.1. The van der Waals surface area contributed by atoms with Crippen LogP contribution in [0.15, 0.2) is 30.3 Å². The van der Waals surface area contributed by atoms with Gasteiger partial charge in [0.05, 0.1) is 12.7 Å². The molecule has 1 rings (SSSR count). The zero-order valence-corrected chi connectivity index (χ0v) is 10.6. The zero-order chi connectivity index (χ0) is 12.5. The molecule has 0 saturated carbocycles. The average molecular weight is 232 g/mol. The first kappa shape index (κ1) is 13.5. The fourth-order valence-electron chi connectivity index (χ4n) is 1.66. The molecule has 0 bridgehead atoms. The van der Waals surface area contributed by atoms with Gasteiger partial charge in [-0.15, -0.1) is 0 Å². The molecule has 0 fully saturated rings. The molecule has 0 aromatic heterocycles. The molecule has 0 aliphatic heterocycles. The molecule has 0 spiro atoms. The SMILES string of the molecule is CCCCC/C=C\c1ccccc1C(=O)OC. The van der Waals surface area contributed by atoms with Gasteiger partial charge in [-0.1, -0.05) is 50.1 Å². The first-order valence-electron chi connectivity index (χ1n) is 6.13. The Labute approximate surface area is 103 Å². The van der Waals surface area contributed by atoms with E-state index < -0.39 is 0 Å². The number of hydrogen-bond acceptors (Lipinski definition) is 2. The Morgan fingerprint density at radius 2 is 2.06 bits per heavy atom. The number of carbonyl (C=O) groups excluding carboxylic acids is 1. The van der Waals surface area contributed by atoms with Crippen LogP contribution >= 0.6 is 0 Å². The molecule has 17 heavy (non-hydrogen) atoms. The molecule has 92 valence electrons. The third-order valence-electron chi connectivity index (χ3n) is 2.64. The Morgan fingerprint density at radius 3 is 2.76 bits per heavy atom. The van der Waals surface area contributed by atoms with Gasteiger partial charge in [0.25, 0.3) is 0 Å². The van der Waals surface area contributed by atoms with Gasteiger partial charge in [0, 0.05) is 0 Å². The summed E-state index contributed by atoms with van der Waals surface area (Å²) in [6, 6.07) is 7.50. The summed E-state index contributed by atoms with van der Waals surface area (Å²) in [6.07, 6.45) is 8.87. The first-order chi connectivity index (χ1) is 8.29. The molecule has 0 aliphatic rings. The van der Waals surface area contributed by atoms with Crippen LogP contribution in [0.1, 0.15) is 48.5 Å². The largest absolute Gasteiger partial charge is 0.465 e. The quantitative estimate of drug-likeness (QED) is 0.546. The Kier molecular flexibility index (Phi) is 6.08. The van der Waals surface area contributed by atoms with Gasteiger partial charge in [-0.25, -0.2) is 4.79 Å². The summed E-state index contributed by atoms with van der Waals surface area (Å²) in [5.41, 5.74) is 1.55. The molecule has 1 aromatic carbocycles. The van der Waals surface area contributed by atoms with Crippen LogP contribution in [0, 0.1) is 0 Å². The van der Waals surface area contributed by atoms with E-state index in [0.717, 1.165) is 12.0 Å². The highest BCUT2D eigenvalue weighted by Gasteiger charge is 2.07. The van der Waals surface area contributed by atoms with E-state index in [0.29, 0.717) is 5.56 Å². The Balaban J connectivity index is 2.66. The van der Waals surface area contributed by atoms with E-state index in [1.54, 1.807) is 6.07 Å². The number of unbranched alkanes of at least 4 members (excludes halogenated alkanes) is 3. The van der Waals surface area contributed by atoms with Crippen LogP contribution in [0.5, 0.6) is 0 Å². The van der Waals surface area contributed by atoms with Gasteiger partial charge in [-0.05, 0) is 24.5 Å². The van der Waals surface area contributed by atoms with Gasteiger partial charge in [0.15, 0.2) is 0 Å². The molecule has 0 saturated heterocycles. The zero-order valence-electron chi connectivity index (χ0n) is 10.6. The molecule has 0 amide bonds. The molecular formula is C15H20O2. The molecule has 0 N–H and O–H groups in total. The number of allylic oxidation sites excluding steroid dienone is 1. The number of rotatable bonds is 6. The van der Waals surface area contributed by atoms with Crippen molar-refractivity contribution in [2.75, 3.05) is 7.11 Å². The van der Waals surface area contributed by atoms with Crippen LogP contribution in [-0.4, -0.2) is 13.1 Å². The lowest BCUT2D eigenvalue weighted by molar-refractivity contribution is 0.0600. The van der Waals surface area contributed by atoms with Crippen molar-refractivity contribution in [3.8, 4) is 0 Å². The average Bonchev–Trinajstić information content (AvgIpc) is 2.38. The van der Waals surface area contributed by atoms with Gasteiger partial charge in [0.2, 0.25) is 0 Å². The summed E-state index contributed by atoms with van der Waals surface area (Å²) in [5.74, 6) is -0.279. The topological polar surface area (TPSA) is 26.3 Å². The Hall–Kier alpha value is -1.57. The number of methoxy groups -OCH3 is 1. The Morgan fingerprint density at radius 1 is 1.29 bits per heavy atom. The predicted octanol–water partition coefficient (Wildman–Crippen LogP) is 4.07. The minimum atomic E-state index is -0.279. The van der Waals surface area contributed by atoms with Crippen LogP contribution in [0.2, 0.25) is 0 Å². The van der Waals surface area contributed by atoms with E-state index >= 15 is 0 Å². The van der Waals surface area contributed by atoms with Gasteiger partial charge in [-0.2, -0.15) is 0 Å². The normalized spacial score (nSPS) is 10.7. The number of hydrogen-bond donors (Lipinski definition) is 0. The predicted molar refractivity (Wildman–Crippen MR) is 71.0 cm³/mol. The summed E-state index contributed by atoms with van der Waals surface area (Å²) in [5, 5.41) is 0. The summed E-state index contributed by atoms with van der Waals surface area (Å²) < 4.78 is 4.75. The van der Waals surface area contributed by atoms with E-state index in [4.69, 9.17) is 4.74 Å². The molecule has 0 atom stereocenters. The molecule has 0 heterocycles. The minimum absolute atomic E-state index is 0.279. The van der Waals surface area contributed by atoms with Crippen LogP contribution in [0.3, 0.4) is 0 Å². The Bertz CT molecular complexity index is 380. The summed E-state index contributed by atoms with van der Waals surface area (Å²) in [4.78, 5) is 11.5. The van der Waals surface area contributed by atoms with Crippen LogP contribution in [0.4, 0.5) is 0 Å². The van der Waals surface area contributed by atoms with Crippen molar-refractivity contribution < 1.29 is 9.53 Å². The van der Waals surface area contributed by atoms with E-state index in [1.807, 2.05) is 24.3 Å². The molecule has 2 nitrogen and oxygen atoms in total. The molecular weight excluding hydrogens is 212 g/mol. The van der Waals surface area contributed by atoms with E-state index in [-0.39, 0.29) is 5.97 Å². The van der Waals surface area contributed by atoms with Crippen molar-refractivity contribution in [1.29, 1.82) is 0 Å². The lowest BCUT2D eigenvalue weighted by Crippen LogP contribution is -2.02. The third kappa shape index (κ3) is 4.43. The molecule has 0 radical (unpaired) electrons. The number of benzene rings is 1. The number of esters is 1. The highest BCUT2D eigenvalue weighted by Crippen LogP contribution is 2.13. The lowest BCUT2D eigenvalue weighted by Gasteiger charge is -2.03. The highest BCUT2D eigenvalue weighted by atomic mass is 16.5. The van der Waals surface area contributed by atoms with Crippen molar-refractivity contribution in [3.05, 3.63) is 41.5 Å². The minimum Gasteiger partial charge on any atom is -0.465 e. The summed E-state index contributed by atoms with van der Waals surface area (Å²) >= 11 is 0. The summed E-state index contributed by atoms with van der Waals surface area (Å²) in [6.45, 7) is 2.19. The maximum absolute atomic E-state index is 11.5. The van der Waals surface area contributed by atoms with Gasteiger partial charge in [0.1, 0.15) is 0 Å². The number of carbonyl (C=O) groups is 1. The second-order valence-electron chi connectivity index (χ2n) is 3.98.